The molecule has 1 fully saturated rings. The molecule has 9 heteroatoms. The van der Waals surface area contributed by atoms with E-state index < -0.39 is 0 Å². The summed E-state index contributed by atoms with van der Waals surface area (Å²) in [4.78, 5) is 35.3. The minimum atomic E-state index is -0.370. The molecular weight excluding hydrogens is 404 g/mol. The molecule has 1 aliphatic rings. The van der Waals surface area contributed by atoms with Gasteiger partial charge in [-0.3, -0.25) is 19.9 Å². The lowest BCUT2D eigenvalue weighted by molar-refractivity contribution is -0.132. The highest BCUT2D eigenvalue weighted by atomic mass is 32.1. The van der Waals surface area contributed by atoms with Crippen LogP contribution in [0, 0.1) is 0 Å². The summed E-state index contributed by atoms with van der Waals surface area (Å²) in [7, 11) is 0. The monoisotopic (exact) mass is 426 g/mol. The van der Waals surface area contributed by atoms with E-state index in [9.17, 15) is 9.59 Å². The van der Waals surface area contributed by atoms with Gasteiger partial charge in [0, 0.05) is 37.5 Å². The van der Waals surface area contributed by atoms with E-state index in [1.165, 1.54) is 17.6 Å². The molecule has 1 atom stereocenters. The molecule has 8 nitrogen and oxygen atoms in total. The fourth-order valence-corrected chi connectivity index (χ4v) is 3.98. The molecule has 0 saturated carbocycles. The van der Waals surface area contributed by atoms with Crippen molar-refractivity contribution in [2.24, 2.45) is 0 Å². The van der Waals surface area contributed by atoms with E-state index in [0.29, 0.717) is 23.9 Å². The van der Waals surface area contributed by atoms with E-state index in [1.807, 2.05) is 17.0 Å². The second kappa shape index (κ2) is 9.64. The highest BCUT2D eigenvalue weighted by Gasteiger charge is 2.23. The van der Waals surface area contributed by atoms with Gasteiger partial charge in [0.05, 0.1) is 24.5 Å². The van der Waals surface area contributed by atoms with Crippen LogP contribution in [0.3, 0.4) is 0 Å². The number of thiazole rings is 1. The largest absolute Gasteiger partial charge is 0.459 e. The molecule has 4 heterocycles. The molecule has 0 spiro atoms. The van der Waals surface area contributed by atoms with Crippen LogP contribution in [0.15, 0.2) is 52.7 Å². The van der Waals surface area contributed by atoms with Crippen molar-refractivity contribution in [3.05, 3.63) is 65.3 Å². The summed E-state index contributed by atoms with van der Waals surface area (Å²) in [5.41, 5.74) is 1.63. The quantitative estimate of drug-likeness (QED) is 0.594. The summed E-state index contributed by atoms with van der Waals surface area (Å²) in [5.74, 6) is -0.190. The molecule has 1 aliphatic heterocycles. The van der Waals surface area contributed by atoms with Crippen LogP contribution in [0.1, 0.15) is 34.7 Å². The molecule has 1 saturated heterocycles. The number of furan rings is 1. The Morgan fingerprint density at radius 1 is 1.27 bits per heavy atom. The van der Waals surface area contributed by atoms with E-state index in [2.05, 4.69) is 15.3 Å². The minimum absolute atomic E-state index is 0.0310. The van der Waals surface area contributed by atoms with Crippen molar-refractivity contribution >= 4 is 28.3 Å². The second-order valence-corrected chi connectivity index (χ2v) is 7.88. The summed E-state index contributed by atoms with van der Waals surface area (Å²) in [6.45, 7) is 1.79. The Morgan fingerprint density at radius 3 is 2.87 bits per heavy atom. The molecule has 3 aromatic heterocycles. The van der Waals surface area contributed by atoms with Gasteiger partial charge in [-0.1, -0.05) is 0 Å². The number of pyridine rings is 1. The molecular formula is C21H22N4O4S. The van der Waals surface area contributed by atoms with Crippen LogP contribution in [0.5, 0.6) is 0 Å². The lowest BCUT2D eigenvalue weighted by atomic mass is 10.2. The summed E-state index contributed by atoms with van der Waals surface area (Å²) >= 11 is 1.28. The third kappa shape index (κ3) is 5.31. The number of hydrogen-bond acceptors (Lipinski definition) is 7. The van der Waals surface area contributed by atoms with E-state index >= 15 is 0 Å². The summed E-state index contributed by atoms with van der Waals surface area (Å²) in [6.07, 6.45) is 7.08. The first-order valence-corrected chi connectivity index (χ1v) is 10.6. The van der Waals surface area contributed by atoms with Crippen molar-refractivity contribution in [2.75, 3.05) is 18.5 Å². The number of ether oxygens (including phenoxy) is 1. The third-order valence-electron chi connectivity index (χ3n) is 4.77. The van der Waals surface area contributed by atoms with Crippen LogP contribution in [-0.4, -0.2) is 45.9 Å². The Hall–Kier alpha value is -3.04. The van der Waals surface area contributed by atoms with Crippen molar-refractivity contribution in [3.8, 4) is 0 Å². The number of rotatable bonds is 8. The Morgan fingerprint density at radius 2 is 2.13 bits per heavy atom. The van der Waals surface area contributed by atoms with E-state index in [4.69, 9.17) is 9.15 Å². The molecule has 0 bridgehead atoms. The average molecular weight is 426 g/mol. The maximum absolute atomic E-state index is 13.0. The number of amides is 2. The number of hydrogen-bond donors (Lipinski definition) is 1. The predicted molar refractivity (Wildman–Crippen MR) is 111 cm³/mol. The molecule has 0 aromatic carbocycles. The number of anilines is 1. The van der Waals surface area contributed by atoms with Gasteiger partial charge in [0.25, 0.3) is 5.91 Å². The average Bonchev–Trinajstić information content (AvgIpc) is 3.52. The maximum atomic E-state index is 13.0. The van der Waals surface area contributed by atoms with Crippen LogP contribution in [0.4, 0.5) is 5.13 Å². The van der Waals surface area contributed by atoms with Crippen LogP contribution < -0.4 is 5.32 Å². The Bertz CT molecular complexity index is 968. The zero-order valence-corrected chi connectivity index (χ0v) is 17.1. The predicted octanol–water partition coefficient (Wildman–Crippen LogP) is 3.13. The van der Waals surface area contributed by atoms with Crippen molar-refractivity contribution in [2.45, 2.75) is 31.9 Å². The molecule has 156 valence electrons. The lowest BCUT2D eigenvalue weighted by Crippen LogP contribution is -2.37. The lowest BCUT2D eigenvalue weighted by Gasteiger charge is -2.25. The topological polar surface area (TPSA) is 97.6 Å². The van der Waals surface area contributed by atoms with Gasteiger partial charge < -0.3 is 14.1 Å². The van der Waals surface area contributed by atoms with E-state index in [1.54, 1.807) is 29.9 Å². The van der Waals surface area contributed by atoms with Crippen LogP contribution in [-0.2, 0) is 22.5 Å². The van der Waals surface area contributed by atoms with Crippen molar-refractivity contribution in [1.82, 2.24) is 14.9 Å². The van der Waals surface area contributed by atoms with Crippen LogP contribution in [0.25, 0.3) is 0 Å². The molecule has 30 heavy (non-hydrogen) atoms. The van der Waals surface area contributed by atoms with Crippen LogP contribution >= 0.6 is 11.3 Å². The number of nitrogens with one attached hydrogen (secondary N) is 1. The minimum Gasteiger partial charge on any atom is -0.459 e. The number of carbonyl (C=O) groups is 2. The van der Waals surface area contributed by atoms with Crippen molar-refractivity contribution in [3.63, 3.8) is 0 Å². The molecule has 1 unspecified atom stereocenters. The van der Waals surface area contributed by atoms with Gasteiger partial charge in [0.2, 0.25) is 5.91 Å². The Balaban J connectivity index is 1.40. The van der Waals surface area contributed by atoms with Gasteiger partial charge in [-0.05, 0) is 42.7 Å². The first-order valence-electron chi connectivity index (χ1n) is 9.75. The van der Waals surface area contributed by atoms with Crippen molar-refractivity contribution < 1.29 is 18.7 Å². The zero-order chi connectivity index (χ0) is 20.8. The van der Waals surface area contributed by atoms with Gasteiger partial charge in [-0.25, -0.2) is 4.98 Å². The van der Waals surface area contributed by atoms with E-state index in [0.717, 1.165) is 25.0 Å². The third-order valence-corrected chi connectivity index (χ3v) is 5.58. The van der Waals surface area contributed by atoms with Gasteiger partial charge in [0.15, 0.2) is 10.9 Å². The molecule has 4 rings (SSSR count). The fourth-order valence-electron chi connectivity index (χ4n) is 3.28. The van der Waals surface area contributed by atoms with Crippen molar-refractivity contribution in [1.29, 1.82) is 0 Å². The first-order chi connectivity index (χ1) is 14.7. The molecule has 1 N–H and O–H groups in total. The molecule has 2 amide bonds. The van der Waals surface area contributed by atoms with Gasteiger partial charge in [-0.15, -0.1) is 11.3 Å². The number of nitrogens with zero attached hydrogens (tertiary/aromatic N) is 3. The number of carbonyl (C=O) groups excluding carboxylic acids is 2. The smallest absolute Gasteiger partial charge is 0.293 e. The molecule has 0 radical (unpaired) electrons. The van der Waals surface area contributed by atoms with Gasteiger partial charge >= 0.3 is 0 Å². The SMILES string of the molecule is O=C(Nc1nc(CC(=O)N(Cc2ccncc2)CC2CCCO2)cs1)c1ccco1. The first kappa shape index (κ1) is 20.2. The highest BCUT2D eigenvalue weighted by Crippen LogP contribution is 2.19. The Kier molecular flexibility index (Phi) is 6.50. The number of aromatic nitrogens is 2. The maximum Gasteiger partial charge on any atom is 0.293 e. The standard InChI is InChI=1S/C21H22N4O4S/c26-19(11-16-14-30-21(23-16)24-20(27)18-4-2-10-29-18)25(13-17-3-1-9-28-17)12-15-5-7-22-8-6-15/h2,4-8,10,14,17H,1,3,9,11-13H2,(H,23,24,27). The molecule has 0 aliphatic carbocycles. The Labute approximate surface area is 177 Å². The fraction of sp³-hybridized carbons (Fsp3) is 0.333. The van der Waals surface area contributed by atoms with Crippen LogP contribution in [0.2, 0.25) is 0 Å². The highest BCUT2D eigenvalue weighted by molar-refractivity contribution is 7.14. The van der Waals surface area contributed by atoms with Gasteiger partial charge in [0.1, 0.15) is 0 Å². The van der Waals surface area contributed by atoms with E-state index in [-0.39, 0.29) is 30.1 Å². The second-order valence-electron chi connectivity index (χ2n) is 7.02. The summed E-state index contributed by atoms with van der Waals surface area (Å²) < 4.78 is 10.8. The van der Waals surface area contributed by atoms with Gasteiger partial charge in [-0.2, -0.15) is 0 Å². The summed E-state index contributed by atoms with van der Waals surface area (Å²) in [6, 6.07) is 7.03. The summed E-state index contributed by atoms with van der Waals surface area (Å²) in [5, 5.41) is 4.90. The molecule has 3 aromatic rings. The zero-order valence-electron chi connectivity index (χ0n) is 16.3. The normalized spacial score (nSPS) is 15.8.